The van der Waals surface area contributed by atoms with Crippen molar-refractivity contribution in [1.29, 1.82) is 0 Å². The van der Waals surface area contributed by atoms with Crippen molar-refractivity contribution < 1.29 is 35.1 Å². The van der Waals surface area contributed by atoms with Gasteiger partial charge in [0.15, 0.2) is 0 Å². The minimum absolute atomic E-state index is 0.0618. The molecule has 0 heterocycles. The van der Waals surface area contributed by atoms with Crippen LogP contribution >= 0.6 is 0 Å². The maximum atomic E-state index is 12.8. The Kier molecular flexibility index (Phi) is 5.90. The minimum Gasteiger partial charge on any atom is -0.481 e. The SMILES string of the molecule is C[C@]1(C(=O)O)CC[C@]2(C(=O)O)CC[C@]3(C)C(=CC[C@@H]4[C@@]5(C)C[C@@H](O)[C@H](O)[C@@](C)(CO)[C@H]5CC[C@]43C)[C@@H]2C1. The van der Waals surface area contributed by atoms with Crippen molar-refractivity contribution >= 4 is 11.9 Å². The number of rotatable bonds is 3. The summed E-state index contributed by atoms with van der Waals surface area (Å²) < 4.78 is 0. The zero-order chi connectivity index (χ0) is 27.4. The molecule has 5 aliphatic rings. The lowest BCUT2D eigenvalue weighted by molar-refractivity contribution is -0.243. The maximum absolute atomic E-state index is 12.8. The molecule has 5 aliphatic carbocycles. The van der Waals surface area contributed by atoms with Crippen molar-refractivity contribution in [3.63, 3.8) is 0 Å². The second kappa shape index (κ2) is 8.04. The average molecular weight is 519 g/mol. The highest BCUT2D eigenvalue weighted by atomic mass is 16.4. The van der Waals surface area contributed by atoms with E-state index in [0.717, 1.165) is 31.3 Å². The molecule has 0 saturated heterocycles. The number of fused-ring (bicyclic) bond motifs is 7. The first-order chi connectivity index (χ1) is 17.1. The number of hydrogen-bond donors (Lipinski definition) is 5. The molecule has 5 rings (SSSR count). The number of aliphatic carboxylic acids is 2. The maximum Gasteiger partial charge on any atom is 0.310 e. The largest absolute Gasteiger partial charge is 0.481 e. The summed E-state index contributed by atoms with van der Waals surface area (Å²) in [5.74, 6) is -1.67. The van der Waals surface area contributed by atoms with Gasteiger partial charge in [-0.25, -0.2) is 0 Å². The summed E-state index contributed by atoms with van der Waals surface area (Å²) in [7, 11) is 0. The molecule has 0 aromatic carbocycles. The zero-order valence-corrected chi connectivity index (χ0v) is 23.1. The van der Waals surface area contributed by atoms with Crippen LogP contribution in [0.15, 0.2) is 11.6 Å². The van der Waals surface area contributed by atoms with Crippen molar-refractivity contribution in [3.05, 3.63) is 11.6 Å². The fourth-order valence-corrected chi connectivity index (χ4v) is 10.8. The van der Waals surface area contributed by atoms with Gasteiger partial charge in [-0.2, -0.15) is 0 Å². The highest BCUT2D eigenvalue weighted by Crippen LogP contribution is 2.75. The van der Waals surface area contributed by atoms with Gasteiger partial charge in [0.2, 0.25) is 0 Å². The molecule has 0 spiro atoms. The minimum atomic E-state index is -0.966. The van der Waals surface area contributed by atoms with Crippen molar-refractivity contribution in [3.8, 4) is 0 Å². The molecule has 7 nitrogen and oxygen atoms in total. The predicted molar refractivity (Wildman–Crippen MR) is 137 cm³/mol. The molecular formula is C30H46O7. The van der Waals surface area contributed by atoms with Crippen LogP contribution in [0.3, 0.4) is 0 Å². The van der Waals surface area contributed by atoms with E-state index in [0.29, 0.717) is 32.1 Å². The predicted octanol–water partition coefficient (Wildman–Crippen LogP) is 4.24. The number of aliphatic hydroxyl groups excluding tert-OH is 3. The Morgan fingerprint density at radius 2 is 1.54 bits per heavy atom. The number of hydrogen-bond acceptors (Lipinski definition) is 5. The van der Waals surface area contributed by atoms with Crippen molar-refractivity contribution in [2.45, 2.75) is 105 Å². The fourth-order valence-electron chi connectivity index (χ4n) is 10.8. The molecule has 208 valence electrons. The first-order valence-corrected chi connectivity index (χ1v) is 14.2. The van der Waals surface area contributed by atoms with Gasteiger partial charge in [0.05, 0.1) is 29.6 Å². The van der Waals surface area contributed by atoms with Crippen LogP contribution in [0.25, 0.3) is 0 Å². The molecule has 11 atom stereocenters. The third-order valence-electron chi connectivity index (χ3n) is 13.4. The van der Waals surface area contributed by atoms with Crippen LogP contribution in [0.4, 0.5) is 0 Å². The van der Waals surface area contributed by atoms with Crippen molar-refractivity contribution in [2.24, 2.45) is 50.2 Å². The summed E-state index contributed by atoms with van der Waals surface area (Å²) in [6.45, 7) is 10.4. The van der Waals surface area contributed by atoms with Crippen LogP contribution in [0.1, 0.15) is 92.4 Å². The molecule has 0 unspecified atom stereocenters. The Morgan fingerprint density at radius 1 is 0.892 bits per heavy atom. The van der Waals surface area contributed by atoms with E-state index >= 15 is 0 Å². The van der Waals surface area contributed by atoms with E-state index in [1.54, 1.807) is 6.92 Å². The van der Waals surface area contributed by atoms with E-state index < -0.39 is 40.4 Å². The molecule has 4 saturated carbocycles. The molecule has 7 heteroatoms. The Hall–Kier alpha value is -1.44. The summed E-state index contributed by atoms with van der Waals surface area (Å²) in [4.78, 5) is 25.1. The highest BCUT2D eigenvalue weighted by Gasteiger charge is 2.71. The lowest BCUT2D eigenvalue weighted by Gasteiger charge is -2.71. The zero-order valence-electron chi connectivity index (χ0n) is 23.1. The molecule has 5 N–H and O–H groups in total. The first-order valence-electron chi connectivity index (χ1n) is 14.2. The molecular weight excluding hydrogens is 472 g/mol. The molecule has 37 heavy (non-hydrogen) atoms. The topological polar surface area (TPSA) is 135 Å². The molecule has 0 amide bonds. The average Bonchev–Trinajstić information content (AvgIpc) is 2.82. The molecule has 0 aliphatic heterocycles. The number of carboxylic acids is 2. The Morgan fingerprint density at radius 3 is 2.14 bits per heavy atom. The number of carboxylic acid groups (broad SMARTS) is 2. The standard InChI is InChI=1S/C30H46O7/c1-25(23(34)35)10-12-30(24(36)37)13-11-28(4)17(18(30)14-25)6-7-21-26(2)15-19(32)22(33)27(3,16-31)20(26)8-9-29(21,28)5/h6,18-22,31-33H,7-16H2,1-5H3,(H,34,35)(H,36,37)/t18-,19+,20-,21+,22-,25-,26-,27-,28+,29+,30-/m0/s1. The van der Waals surface area contributed by atoms with Crippen LogP contribution in [-0.4, -0.2) is 56.3 Å². The van der Waals surface area contributed by atoms with Gasteiger partial charge in [0.25, 0.3) is 0 Å². The van der Waals surface area contributed by atoms with Gasteiger partial charge < -0.3 is 25.5 Å². The molecule has 0 aromatic heterocycles. The van der Waals surface area contributed by atoms with Crippen LogP contribution in [0, 0.1) is 50.2 Å². The van der Waals surface area contributed by atoms with Crippen LogP contribution < -0.4 is 0 Å². The quantitative estimate of drug-likeness (QED) is 0.353. The van der Waals surface area contributed by atoms with Gasteiger partial charge in [-0.3, -0.25) is 9.59 Å². The van der Waals surface area contributed by atoms with Crippen LogP contribution in [0.2, 0.25) is 0 Å². The van der Waals surface area contributed by atoms with Crippen LogP contribution in [0.5, 0.6) is 0 Å². The summed E-state index contributed by atoms with van der Waals surface area (Å²) >= 11 is 0. The highest BCUT2D eigenvalue weighted by molar-refractivity contribution is 5.79. The van der Waals surface area contributed by atoms with Gasteiger partial charge in [0.1, 0.15) is 0 Å². The molecule has 0 radical (unpaired) electrons. The van der Waals surface area contributed by atoms with E-state index in [9.17, 15) is 35.1 Å². The third kappa shape index (κ3) is 3.17. The van der Waals surface area contributed by atoms with Gasteiger partial charge in [0, 0.05) is 5.41 Å². The van der Waals surface area contributed by atoms with E-state index in [2.05, 4.69) is 26.8 Å². The third-order valence-corrected chi connectivity index (χ3v) is 13.4. The smallest absolute Gasteiger partial charge is 0.310 e. The van der Waals surface area contributed by atoms with Gasteiger partial charge in [-0.05, 0) is 98.7 Å². The van der Waals surface area contributed by atoms with Gasteiger partial charge in [-0.1, -0.05) is 39.3 Å². The molecule has 0 aromatic rings. The molecule has 0 bridgehead atoms. The normalized spacial score (nSPS) is 55.1. The Labute approximate surface area is 220 Å². The summed E-state index contributed by atoms with van der Waals surface area (Å²) in [6.07, 6.45) is 5.76. The van der Waals surface area contributed by atoms with E-state index in [-0.39, 0.29) is 40.6 Å². The lowest BCUT2D eigenvalue weighted by Crippen LogP contribution is -2.68. The Balaban J connectivity index is 1.61. The molecule has 4 fully saturated rings. The second-order valence-corrected chi connectivity index (χ2v) is 14.8. The van der Waals surface area contributed by atoms with E-state index in [1.807, 2.05) is 6.92 Å². The van der Waals surface area contributed by atoms with Crippen molar-refractivity contribution in [1.82, 2.24) is 0 Å². The Bertz CT molecular complexity index is 1040. The fraction of sp³-hybridized carbons (Fsp3) is 0.867. The number of carbonyl (C=O) groups is 2. The second-order valence-electron chi connectivity index (χ2n) is 14.8. The lowest BCUT2D eigenvalue weighted by atomic mass is 9.33. The van der Waals surface area contributed by atoms with Crippen LogP contribution in [-0.2, 0) is 9.59 Å². The summed E-state index contributed by atoms with van der Waals surface area (Å²) in [5.41, 5.74) is -2.21. The van der Waals surface area contributed by atoms with Crippen molar-refractivity contribution in [2.75, 3.05) is 6.61 Å². The van der Waals surface area contributed by atoms with Gasteiger partial charge >= 0.3 is 11.9 Å². The van der Waals surface area contributed by atoms with E-state index in [1.165, 1.54) is 0 Å². The first kappa shape index (κ1) is 27.1. The number of allylic oxidation sites excluding steroid dienone is 2. The van der Waals surface area contributed by atoms with E-state index in [4.69, 9.17) is 0 Å². The summed E-state index contributed by atoms with van der Waals surface area (Å²) in [5, 5.41) is 52.9. The summed E-state index contributed by atoms with van der Waals surface area (Å²) in [6, 6.07) is 0. The number of aliphatic hydroxyl groups is 3. The van der Waals surface area contributed by atoms with Gasteiger partial charge in [-0.15, -0.1) is 0 Å². The monoisotopic (exact) mass is 518 g/mol.